The summed E-state index contributed by atoms with van der Waals surface area (Å²) in [6, 6.07) is 20.6. The lowest BCUT2D eigenvalue weighted by Gasteiger charge is -2.27. The van der Waals surface area contributed by atoms with Crippen molar-refractivity contribution >= 4 is 0 Å². The molecule has 3 aromatic heterocycles. The fraction of sp³-hybridized carbons (Fsp3) is 0.296. The Hall–Kier alpha value is -3.51. The summed E-state index contributed by atoms with van der Waals surface area (Å²) in [5.74, 6) is 0. The van der Waals surface area contributed by atoms with Crippen LogP contribution >= 0.6 is 0 Å². The molecule has 1 aliphatic heterocycles. The molecule has 0 bridgehead atoms. The molecule has 6 heteroatoms. The highest BCUT2D eigenvalue weighted by atomic mass is 16.1. The molecule has 6 nitrogen and oxygen atoms in total. The van der Waals surface area contributed by atoms with Crippen LogP contribution in [0.5, 0.6) is 0 Å². The number of fused-ring (bicyclic) bond motifs is 1. The maximum absolute atomic E-state index is 13.5. The molecule has 0 amide bonds. The minimum atomic E-state index is 0.151. The van der Waals surface area contributed by atoms with E-state index in [1.165, 1.54) is 5.56 Å². The van der Waals surface area contributed by atoms with Crippen molar-refractivity contribution in [2.75, 3.05) is 6.54 Å². The van der Waals surface area contributed by atoms with Gasteiger partial charge in [-0.25, -0.2) is 4.68 Å². The largest absolute Gasteiger partial charge is 0.291 e. The second-order valence-corrected chi connectivity index (χ2v) is 8.74. The van der Waals surface area contributed by atoms with Gasteiger partial charge in [-0.15, -0.1) is 0 Å². The van der Waals surface area contributed by atoms with E-state index in [9.17, 15) is 4.79 Å². The highest BCUT2D eigenvalue weighted by molar-refractivity contribution is 5.24. The lowest BCUT2D eigenvalue weighted by molar-refractivity contribution is 0.232. The number of rotatable bonds is 7. The predicted molar refractivity (Wildman–Crippen MR) is 129 cm³/mol. The standard InChI is InChI=1S/C27H29N5O/c1-21-7-5-11-24(29-21)19-30-15-13-25-26(20-30)32(18-23-10-6-14-28-17-23)31(27(25)33)16-12-22-8-3-2-4-9-22/h2-11,14,17H,12-13,15-16,18-20H2,1H3. The van der Waals surface area contributed by atoms with Crippen molar-refractivity contribution in [1.82, 2.24) is 24.2 Å². The lowest BCUT2D eigenvalue weighted by atomic mass is 10.1. The molecule has 0 N–H and O–H groups in total. The van der Waals surface area contributed by atoms with Gasteiger partial charge in [0.05, 0.1) is 17.9 Å². The number of pyridine rings is 2. The van der Waals surface area contributed by atoms with E-state index in [1.54, 1.807) is 6.20 Å². The van der Waals surface area contributed by atoms with E-state index in [0.717, 1.165) is 60.7 Å². The molecule has 0 saturated carbocycles. The summed E-state index contributed by atoms with van der Waals surface area (Å²) >= 11 is 0. The van der Waals surface area contributed by atoms with Crippen LogP contribution in [0.25, 0.3) is 0 Å². The quantitative estimate of drug-likeness (QED) is 0.442. The topological polar surface area (TPSA) is 56.0 Å². The molecule has 0 atom stereocenters. The Morgan fingerprint density at radius 1 is 0.909 bits per heavy atom. The van der Waals surface area contributed by atoms with Crippen molar-refractivity contribution in [3.8, 4) is 0 Å². The van der Waals surface area contributed by atoms with Crippen molar-refractivity contribution in [3.63, 3.8) is 0 Å². The van der Waals surface area contributed by atoms with E-state index in [1.807, 2.05) is 36.0 Å². The molecule has 1 aromatic carbocycles. The Morgan fingerprint density at radius 2 is 1.76 bits per heavy atom. The molecule has 4 aromatic rings. The van der Waals surface area contributed by atoms with E-state index in [0.29, 0.717) is 13.1 Å². The van der Waals surface area contributed by atoms with Gasteiger partial charge in [0.1, 0.15) is 0 Å². The van der Waals surface area contributed by atoms with E-state index >= 15 is 0 Å². The third-order valence-corrected chi connectivity index (χ3v) is 6.34. The van der Waals surface area contributed by atoms with Gasteiger partial charge in [-0.1, -0.05) is 42.5 Å². The first-order chi connectivity index (χ1) is 16.2. The summed E-state index contributed by atoms with van der Waals surface area (Å²) in [6.45, 7) is 5.74. The molecule has 4 heterocycles. The molecule has 33 heavy (non-hydrogen) atoms. The SMILES string of the molecule is Cc1cccc(CN2CCc3c(n(Cc4cccnc4)n(CCc4ccccc4)c3=O)C2)n1. The molecular weight excluding hydrogens is 410 g/mol. The lowest BCUT2D eigenvalue weighted by Crippen LogP contribution is -2.32. The molecule has 5 rings (SSSR count). The molecule has 168 valence electrons. The normalized spacial score (nSPS) is 13.7. The molecule has 0 unspecified atom stereocenters. The minimum Gasteiger partial charge on any atom is -0.291 e. The van der Waals surface area contributed by atoms with Crippen LogP contribution in [-0.2, 0) is 39.0 Å². The molecule has 0 saturated heterocycles. The van der Waals surface area contributed by atoms with Crippen LogP contribution in [0.1, 0.15) is 33.8 Å². The number of hydrogen-bond donors (Lipinski definition) is 0. The number of aromatic nitrogens is 4. The highest BCUT2D eigenvalue weighted by Gasteiger charge is 2.26. The number of hydrogen-bond acceptors (Lipinski definition) is 4. The van der Waals surface area contributed by atoms with E-state index in [-0.39, 0.29) is 5.56 Å². The van der Waals surface area contributed by atoms with Gasteiger partial charge >= 0.3 is 0 Å². The van der Waals surface area contributed by atoms with Crippen LogP contribution in [0.2, 0.25) is 0 Å². The van der Waals surface area contributed by atoms with Crippen LogP contribution in [0.4, 0.5) is 0 Å². The smallest absolute Gasteiger partial charge is 0.270 e. The van der Waals surface area contributed by atoms with Crippen LogP contribution < -0.4 is 5.56 Å². The van der Waals surface area contributed by atoms with Crippen LogP contribution in [-0.4, -0.2) is 30.8 Å². The Morgan fingerprint density at radius 3 is 2.55 bits per heavy atom. The monoisotopic (exact) mass is 439 g/mol. The fourth-order valence-electron chi connectivity index (χ4n) is 4.68. The summed E-state index contributed by atoms with van der Waals surface area (Å²) in [5, 5.41) is 0. The second kappa shape index (κ2) is 9.55. The minimum absolute atomic E-state index is 0.151. The maximum atomic E-state index is 13.5. The van der Waals surface area contributed by atoms with Crippen molar-refractivity contribution in [3.05, 3.63) is 117 Å². The number of nitrogens with zero attached hydrogens (tertiary/aromatic N) is 5. The fourth-order valence-corrected chi connectivity index (χ4v) is 4.68. The average Bonchev–Trinajstić information content (AvgIpc) is 3.09. The first-order valence-electron chi connectivity index (χ1n) is 11.6. The van der Waals surface area contributed by atoms with Gasteiger partial charge in [0, 0.05) is 49.8 Å². The molecule has 0 spiro atoms. The van der Waals surface area contributed by atoms with Crippen molar-refractivity contribution < 1.29 is 0 Å². The Labute approximate surface area is 194 Å². The molecule has 0 radical (unpaired) electrons. The third kappa shape index (κ3) is 4.81. The zero-order valence-electron chi connectivity index (χ0n) is 19.0. The summed E-state index contributed by atoms with van der Waals surface area (Å²) in [7, 11) is 0. The van der Waals surface area contributed by atoms with E-state index in [4.69, 9.17) is 0 Å². The summed E-state index contributed by atoms with van der Waals surface area (Å²) in [5.41, 5.74) is 6.67. The third-order valence-electron chi connectivity index (χ3n) is 6.34. The maximum Gasteiger partial charge on any atom is 0.270 e. The summed E-state index contributed by atoms with van der Waals surface area (Å²) < 4.78 is 4.13. The van der Waals surface area contributed by atoms with Crippen LogP contribution in [0, 0.1) is 6.92 Å². The molecule has 0 aliphatic carbocycles. The van der Waals surface area contributed by atoms with Crippen LogP contribution in [0.15, 0.2) is 77.9 Å². The van der Waals surface area contributed by atoms with Gasteiger partial charge in [-0.2, -0.15) is 0 Å². The van der Waals surface area contributed by atoms with Crippen molar-refractivity contribution in [1.29, 1.82) is 0 Å². The Kier molecular flexibility index (Phi) is 6.17. The zero-order valence-corrected chi connectivity index (χ0v) is 19.0. The van der Waals surface area contributed by atoms with Gasteiger partial charge < -0.3 is 0 Å². The number of aryl methyl sites for hydroxylation is 2. The highest BCUT2D eigenvalue weighted by Crippen LogP contribution is 2.20. The van der Waals surface area contributed by atoms with Crippen molar-refractivity contribution in [2.45, 2.75) is 45.9 Å². The van der Waals surface area contributed by atoms with Gasteiger partial charge in [0.2, 0.25) is 0 Å². The van der Waals surface area contributed by atoms with Gasteiger partial charge in [-0.05, 0) is 49.1 Å². The zero-order chi connectivity index (χ0) is 22.6. The first kappa shape index (κ1) is 21.3. The molecule has 1 aliphatic rings. The summed E-state index contributed by atoms with van der Waals surface area (Å²) in [6.07, 6.45) is 5.27. The van der Waals surface area contributed by atoms with E-state index in [2.05, 4.69) is 62.0 Å². The van der Waals surface area contributed by atoms with Gasteiger partial charge in [0.25, 0.3) is 5.56 Å². The summed E-state index contributed by atoms with van der Waals surface area (Å²) in [4.78, 5) is 24.8. The number of benzene rings is 1. The van der Waals surface area contributed by atoms with Crippen LogP contribution in [0.3, 0.4) is 0 Å². The first-order valence-corrected chi connectivity index (χ1v) is 11.6. The van der Waals surface area contributed by atoms with E-state index < -0.39 is 0 Å². The Balaban J connectivity index is 1.46. The Bertz CT molecular complexity index is 1280. The van der Waals surface area contributed by atoms with Gasteiger partial charge in [0.15, 0.2) is 0 Å². The predicted octanol–water partition coefficient (Wildman–Crippen LogP) is 3.60. The second-order valence-electron chi connectivity index (χ2n) is 8.74. The molecular formula is C27H29N5O. The average molecular weight is 440 g/mol. The van der Waals surface area contributed by atoms with Crippen molar-refractivity contribution in [2.24, 2.45) is 0 Å². The molecule has 0 fully saturated rings. The van der Waals surface area contributed by atoms with Gasteiger partial charge in [-0.3, -0.25) is 24.3 Å².